The van der Waals surface area contributed by atoms with E-state index in [1.807, 2.05) is 13.8 Å². The Morgan fingerprint density at radius 1 is 1.56 bits per heavy atom. The highest BCUT2D eigenvalue weighted by Crippen LogP contribution is 2.27. The Kier molecular flexibility index (Phi) is 2.54. The van der Waals surface area contributed by atoms with E-state index in [1.165, 1.54) is 0 Å². The molecule has 0 spiro atoms. The molecule has 1 aromatic rings. The molecule has 0 aliphatic carbocycles. The molecule has 1 amide bonds. The van der Waals surface area contributed by atoms with E-state index < -0.39 is 5.60 Å². The van der Waals surface area contributed by atoms with Crippen LogP contribution in [0, 0.1) is 13.8 Å². The van der Waals surface area contributed by atoms with Crippen LogP contribution < -0.4 is 0 Å². The number of aryl methyl sites for hydroxylation is 2. The van der Waals surface area contributed by atoms with E-state index in [0.717, 1.165) is 5.76 Å². The molecule has 2 rings (SSSR count). The molecule has 0 bridgehead atoms. The first-order valence-electron chi connectivity index (χ1n) is 5.54. The maximum absolute atomic E-state index is 12.0. The Labute approximate surface area is 94.9 Å². The number of rotatable bonds is 2. The van der Waals surface area contributed by atoms with Crippen molar-refractivity contribution < 1.29 is 14.3 Å². The van der Waals surface area contributed by atoms with E-state index in [9.17, 15) is 9.90 Å². The van der Waals surface area contributed by atoms with E-state index in [0.29, 0.717) is 30.8 Å². The van der Waals surface area contributed by atoms with Crippen LogP contribution in [0.15, 0.2) is 10.5 Å². The number of amides is 1. The van der Waals surface area contributed by atoms with Crippen molar-refractivity contribution in [2.24, 2.45) is 0 Å². The van der Waals surface area contributed by atoms with Crippen LogP contribution in [-0.2, 0) is 0 Å². The number of furan rings is 1. The van der Waals surface area contributed by atoms with Crippen LogP contribution in [0.5, 0.6) is 0 Å². The molecule has 1 saturated heterocycles. The number of hydrogen-bond acceptors (Lipinski definition) is 3. The zero-order valence-corrected chi connectivity index (χ0v) is 9.91. The van der Waals surface area contributed by atoms with Crippen LogP contribution in [0.4, 0.5) is 0 Å². The van der Waals surface area contributed by atoms with E-state index in [1.54, 1.807) is 17.9 Å². The third-order valence-corrected chi connectivity index (χ3v) is 3.19. The first kappa shape index (κ1) is 11.2. The Bertz CT molecular complexity index is 416. The van der Waals surface area contributed by atoms with Crippen LogP contribution >= 0.6 is 0 Å². The van der Waals surface area contributed by atoms with E-state index >= 15 is 0 Å². The minimum Gasteiger partial charge on any atom is -0.466 e. The fourth-order valence-corrected chi connectivity index (χ4v) is 2.04. The van der Waals surface area contributed by atoms with Crippen LogP contribution in [0.1, 0.15) is 35.2 Å². The second-order valence-corrected chi connectivity index (χ2v) is 4.57. The highest BCUT2D eigenvalue weighted by atomic mass is 16.3. The van der Waals surface area contributed by atoms with E-state index in [-0.39, 0.29) is 5.91 Å². The van der Waals surface area contributed by atoms with Crippen molar-refractivity contribution in [3.8, 4) is 0 Å². The van der Waals surface area contributed by atoms with Crippen LogP contribution in [0.25, 0.3) is 0 Å². The van der Waals surface area contributed by atoms with Gasteiger partial charge in [0.15, 0.2) is 0 Å². The standard InChI is InChI=1S/C12H17NO3/c1-4-12(15)6-13(7-12)11(14)10-5-8(2)16-9(10)3/h5,15H,4,6-7H2,1-3H3. The summed E-state index contributed by atoms with van der Waals surface area (Å²) in [7, 11) is 0. The summed E-state index contributed by atoms with van der Waals surface area (Å²) in [5, 5.41) is 9.84. The molecule has 4 nitrogen and oxygen atoms in total. The van der Waals surface area contributed by atoms with Gasteiger partial charge in [-0.15, -0.1) is 0 Å². The van der Waals surface area contributed by atoms with Gasteiger partial charge in [-0.25, -0.2) is 0 Å². The molecule has 0 aromatic carbocycles. The summed E-state index contributed by atoms with van der Waals surface area (Å²) in [6.45, 7) is 6.38. The SMILES string of the molecule is CCC1(O)CN(C(=O)c2cc(C)oc2C)C1. The van der Waals surface area contributed by atoms with Crippen molar-refractivity contribution in [2.75, 3.05) is 13.1 Å². The second-order valence-electron chi connectivity index (χ2n) is 4.57. The van der Waals surface area contributed by atoms with Gasteiger partial charge < -0.3 is 14.4 Å². The average Bonchev–Trinajstić information content (AvgIpc) is 2.52. The Balaban J connectivity index is 2.08. The van der Waals surface area contributed by atoms with Crippen LogP contribution in [0.3, 0.4) is 0 Å². The highest BCUT2D eigenvalue weighted by Gasteiger charge is 2.42. The van der Waals surface area contributed by atoms with Gasteiger partial charge in [0.2, 0.25) is 0 Å². The molecule has 2 heterocycles. The molecule has 1 aromatic heterocycles. The largest absolute Gasteiger partial charge is 0.466 e. The van der Waals surface area contributed by atoms with Gasteiger partial charge in [-0.05, 0) is 26.3 Å². The summed E-state index contributed by atoms with van der Waals surface area (Å²) in [6.07, 6.45) is 0.681. The molecule has 1 N–H and O–H groups in total. The molecular formula is C12H17NO3. The van der Waals surface area contributed by atoms with Gasteiger partial charge >= 0.3 is 0 Å². The van der Waals surface area contributed by atoms with Gasteiger partial charge in [-0.1, -0.05) is 6.92 Å². The lowest BCUT2D eigenvalue weighted by Crippen LogP contribution is -2.63. The number of β-amino-alcohol motifs (C(OH)–C–C–N with tert-alkyl or cyclic N) is 1. The van der Waals surface area contributed by atoms with Gasteiger partial charge in [-0.2, -0.15) is 0 Å². The molecule has 1 aliphatic heterocycles. The number of aliphatic hydroxyl groups is 1. The number of carbonyl (C=O) groups is 1. The van der Waals surface area contributed by atoms with Crippen molar-refractivity contribution in [3.63, 3.8) is 0 Å². The fourth-order valence-electron chi connectivity index (χ4n) is 2.04. The molecule has 0 saturated carbocycles. The summed E-state index contributed by atoms with van der Waals surface area (Å²) in [5.74, 6) is 1.34. The van der Waals surface area contributed by atoms with Crippen molar-refractivity contribution in [3.05, 3.63) is 23.2 Å². The van der Waals surface area contributed by atoms with Crippen molar-refractivity contribution >= 4 is 5.91 Å². The highest BCUT2D eigenvalue weighted by molar-refractivity contribution is 5.96. The molecule has 1 fully saturated rings. The molecule has 1 aliphatic rings. The summed E-state index contributed by atoms with van der Waals surface area (Å²) in [4.78, 5) is 13.7. The van der Waals surface area contributed by atoms with E-state index in [2.05, 4.69) is 0 Å². The minimum atomic E-state index is -0.678. The van der Waals surface area contributed by atoms with E-state index in [4.69, 9.17) is 4.42 Å². The second kappa shape index (κ2) is 3.63. The number of carbonyl (C=O) groups excluding carboxylic acids is 1. The summed E-state index contributed by atoms with van der Waals surface area (Å²) in [6, 6.07) is 1.75. The Hall–Kier alpha value is -1.29. The first-order chi connectivity index (χ1) is 7.45. The summed E-state index contributed by atoms with van der Waals surface area (Å²) in [5.41, 5.74) is -0.0711. The lowest BCUT2D eigenvalue weighted by molar-refractivity contribution is -0.0827. The van der Waals surface area contributed by atoms with Gasteiger partial charge in [-0.3, -0.25) is 4.79 Å². The molecule has 0 unspecified atom stereocenters. The fraction of sp³-hybridized carbons (Fsp3) is 0.583. The Morgan fingerprint density at radius 2 is 2.19 bits per heavy atom. The number of hydrogen-bond donors (Lipinski definition) is 1. The zero-order chi connectivity index (χ0) is 11.9. The van der Waals surface area contributed by atoms with Gasteiger partial charge in [0.1, 0.15) is 11.5 Å². The smallest absolute Gasteiger partial charge is 0.257 e. The predicted octanol–water partition coefficient (Wildman–Crippen LogP) is 1.49. The van der Waals surface area contributed by atoms with Crippen LogP contribution in [0.2, 0.25) is 0 Å². The third kappa shape index (κ3) is 1.73. The third-order valence-electron chi connectivity index (χ3n) is 3.19. The van der Waals surface area contributed by atoms with Crippen LogP contribution in [-0.4, -0.2) is 34.6 Å². The van der Waals surface area contributed by atoms with Gasteiger partial charge in [0.05, 0.1) is 24.3 Å². The summed E-state index contributed by atoms with van der Waals surface area (Å²) < 4.78 is 5.32. The van der Waals surface area contributed by atoms with Crippen molar-refractivity contribution in [2.45, 2.75) is 32.8 Å². The maximum Gasteiger partial charge on any atom is 0.257 e. The normalized spacial score (nSPS) is 18.4. The molecule has 4 heteroatoms. The lowest BCUT2D eigenvalue weighted by atomic mass is 9.90. The number of nitrogens with zero attached hydrogens (tertiary/aromatic N) is 1. The number of likely N-dealkylation sites (tertiary alicyclic amines) is 1. The lowest BCUT2D eigenvalue weighted by Gasteiger charge is -2.46. The average molecular weight is 223 g/mol. The first-order valence-corrected chi connectivity index (χ1v) is 5.54. The van der Waals surface area contributed by atoms with Crippen molar-refractivity contribution in [1.82, 2.24) is 4.90 Å². The maximum atomic E-state index is 12.0. The quantitative estimate of drug-likeness (QED) is 0.826. The van der Waals surface area contributed by atoms with Gasteiger partial charge in [0.25, 0.3) is 5.91 Å². The van der Waals surface area contributed by atoms with Gasteiger partial charge in [0, 0.05) is 0 Å². The zero-order valence-electron chi connectivity index (χ0n) is 9.91. The van der Waals surface area contributed by atoms with Crippen molar-refractivity contribution in [1.29, 1.82) is 0 Å². The summed E-state index contributed by atoms with van der Waals surface area (Å²) >= 11 is 0. The topological polar surface area (TPSA) is 53.7 Å². The molecule has 88 valence electrons. The monoisotopic (exact) mass is 223 g/mol. The molecule has 0 atom stereocenters. The molecule has 16 heavy (non-hydrogen) atoms. The minimum absolute atomic E-state index is 0.0486. The molecule has 0 radical (unpaired) electrons. The molecular weight excluding hydrogens is 206 g/mol. The Morgan fingerprint density at radius 3 is 2.62 bits per heavy atom. The predicted molar refractivity (Wildman–Crippen MR) is 59.3 cm³/mol.